The zero-order valence-corrected chi connectivity index (χ0v) is 20.1. The summed E-state index contributed by atoms with van der Waals surface area (Å²) in [6.45, 7) is 6.69. The lowest BCUT2D eigenvalue weighted by Gasteiger charge is -2.39. The fourth-order valence-corrected chi connectivity index (χ4v) is 3.74. The van der Waals surface area contributed by atoms with Crippen LogP contribution in [-0.2, 0) is 17.6 Å². The molecule has 0 saturated carbocycles. The van der Waals surface area contributed by atoms with Crippen molar-refractivity contribution >= 4 is 6.09 Å². The molecule has 3 heterocycles. The molecule has 0 bridgehead atoms. The molecule has 0 spiro atoms. The molecule has 3 aromatic rings. The standard InChI is InChI=1S/C25H26F3N5O3/c1-24(2,3)36-23(34)33-14-16(15-33)8-19-12-29-13-20(32-19)18-10-30-22(31-11-18)9-17-6-4-5-7-21(17)35-25(26,27)28/h4-7,10-13,16H,8-9,14-15H2,1-3H3. The van der Waals surface area contributed by atoms with Crippen LogP contribution in [0.1, 0.15) is 37.9 Å². The Balaban J connectivity index is 1.37. The van der Waals surface area contributed by atoms with E-state index in [-0.39, 0.29) is 24.2 Å². The zero-order chi connectivity index (χ0) is 25.9. The van der Waals surface area contributed by atoms with E-state index in [2.05, 4.69) is 24.7 Å². The average Bonchev–Trinajstić information content (AvgIpc) is 2.76. The van der Waals surface area contributed by atoms with E-state index < -0.39 is 12.0 Å². The molecule has 2 aromatic heterocycles. The highest BCUT2D eigenvalue weighted by atomic mass is 19.4. The largest absolute Gasteiger partial charge is 0.573 e. The van der Waals surface area contributed by atoms with E-state index in [9.17, 15) is 18.0 Å². The summed E-state index contributed by atoms with van der Waals surface area (Å²) in [6, 6.07) is 5.90. The molecule has 1 aromatic carbocycles. The summed E-state index contributed by atoms with van der Waals surface area (Å²) < 4.78 is 47.5. The van der Waals surface area contributed by atoms with E-state index in [4.69, 9.17) is 4.74 Å². The van der Waals surface area contributed by atoms with Crippen molar-refractivity contribution in [2.45, 2.75) is 45.6 Å². The van der Waals surface area contributed by atoms with Crippen molar-refractivity contribution < 1.29 is 27.4 Å². The molecule has 190 valence electrons. The minimum absolute atomic E-state index is 0.0775. The van der Waals surface area contributed by atoms with E-state index in [0.29, 0.717) is 42.2 Å². The number of benzene rings is 1. The second-order valence-corrected chi connectivity index (χ2v) is 9.57. The summed E-state index contributed by atoms with van der Waals surface area (Å²) in [7, 11) is 0. The summed E-state index contributed by atoms with van der Waals surface area (Å²) >= 11 is 0. The predicted octanol–water partition coefficient (Wildman–Crippen LogP) is 4.83. The monoisotopic (exact) mass is 501 g/mol. The second kappa shape index (κ2) is 10.1. The Hall–Kier alpha value is -3.76. The summed E-state index contributed by atoms with van der Waals surface area (Å²) in [5.41, 5.74) is 1.80. The van der Waals surface area contributed by atoms with Crippen LogP contribution < -0.4 is 4.74 Å². The van der Waals surface area contributed by atoms with Crippen LogP contribution in [0.4, 0.5) is 18.0 Å². The Bertz CT molecular complexity index is 1210. The van der Waals surface area contributed by atoms with Gasteiger partial charge < -0.3 is 14.4 Å². The van der Waals surface area contributed by atoms with E-state index in [1.54, 1.807) is 35.8 Å². The normalized spacial score (nSPS) is 14.3. The molecule has 0 aliphatic carbocycles. The van der Waals surface area contributed by atoms with Gasteiger partial charge in [0.1, 0.15) is 17.2 Å². The van der Waals surface area contributed by atoms with E-state index in [0.717, 1.165) is 5.69 Å². The van der Waals surface area contributed by atoms with Gasteiger partial charge in [0.25, 0.3) is 0 Å². The summed E-state index contributed by atoms with van der Waals surface area (Å²) in [5, 5.41) is 0. The van der Waals surface area contributed by atoms with E-state index >= 15 is 0 Å². The average molecular weight is 502 g/mol. The molecule has 8 nitrogen and oxygen atoms in total. The fourth-order valence-electron chi connectivity index (χ4n) is 3.74. The highest BCUT2D eigenvalue weighted by Gasteiger charge is 2.34. The molecule has 4 rings (SSSR count). The van der Waals surface area contributed by atoms with Gasteiger partial charge in [-0.15, -0.1) is 13.2 Å². The van der Waals surface area contributed by atoms with Gasteiger partial charge in [0.2, 0.25) is 0 Å². The van der Waals surface area contributed by atoms with Crippen LogP contribution in [0.15, 0.2) is 49.1 Å². The number of alkyl halides is 3. The van der Waals surface area contributed by atoms with Crippen molar-refractivity contribution in [3.8, 4) is 17.0 Å². The summed E-state index contributed by atoms with van der Waals surface area (Å²) in [6.07, 6.45) is 2.06. The van der Waals surface area contributed by atoms with E-state index in [1.807, 2.05) is 20.8 Å². The van der Waals surface area contributed by atoms with Gasteiger partial charge in [-0.2, -0.15) is 0 Å². The van der Waals surface area contributed by atoms with Crippen molar-refractivity contribution in [1.29, 1.82) is 0 Å². The molecule has 0 unspecified atom stereocenters. The van der Waals surface area contributed by atoms with Crippen LogP contribution >= 0.6 is 0 Å². The first-order valence-corrected chi connectivity index (χ1v) is 11.4. The fraction of sp³-hybridized carbons (Fsp3) is 0.400. The summed E-state index contributed by atoms with van der Waals surface area (Å²) in [4.78, 5) is 31.3. The number of para-hydroxylation sites is 1. The molecule has 0 radical (unpaired) electrons. The van der Waals surface area contributed by atoms with Crippen molar-refractivity contribution in [2.75, 3.05) is 13.1 Å². The van der Waals surface area contributed by atoms with Crippen molar-refractivity contribution in [3.63, 3.8) is 0 Å². The number of aromatic nitrogens is 4. The van der Waals surface area contributed by atoms with Gasteiger partial charge in [0.15, 0.2) is 0 Å². The van der Waals surface area contributed by atoms with Crippen LogP contribution in [0.3, 0.4) is 0 Å². The van der Waals surface area contributed by atoms with Crippen LogP contribution in [0.25, 0.3) is 11.3 Å². The maximum atomic E-state index is 12.7. The Kier molecular flexibility index (Phi) is 7.09. The van der Waals surface area contributed by atoms with Crippen LogP contribution in [0.5, 0.6) is 5.75 Å². The summed E-state index contributed by atoms with van der Waals surface area (Å²) in [5.74, 6) is 0.329. The highest BCUT2D eigenvalue weighted by Crippen LogP contribution is 2.28. The zero-order valence-electron chi connectivity index (χ0n) is 20.1. The number of likely N-dealkylation sites (tertiary alicyclic amines) is 1. The second-order valence-electron chi connectivity index (χ2n) is 9.57. The van der Waals surface area contributed by atoms with Gasteiger partial charge in [0, 0.05) is 49.2 Å². The molecule has 0 atom stereocenters. The SMILES string of the molecule is CC(C)(C)OC(=O)N1CC(Cc2cncc(-c3cnc(Cc4ccccc4OC(F)(F)F)nc3)n2)C1. The Morgan fingerprint density at radius 2 is 1.75 bits per heavy atom. The Morgan fingerprint density at radius 1 is 1.06 bits per heavy atom. The Morgan fingerprint density at radius 3 is 2.42 bits per heavy atom. The minimum Gasteiger partial charge on any atom is -0.444 e. The Labute approximate surface area is 206 Å². The highest BCUT2D eigenvalue weighted by molar-refractivity contribution is 5.69. The number of carbonyl (C=O) groups is 1. The number of ether oxygens (including phenoxy) is 2. The van der Waals surface area contributed by atoms with Crippen LogP contribution in [-0.4, -0.2) is 56.0 Å². The quantitative estimate of drug-likeness (QED) is 0.478. The third-order valence-corrected chi connectivity index (χ3v) is 5.34. The molecular formula is C25H26F3N5O3. The number of hydrogen-bond acceptors (Lipinski definition) is 7. The molecule has 1 aliphatic heterocycles. The molecule has 1 amide bonds. The van der Waals surface area contributed by atoms with Gasteiger partial charge >= 0.3 is 12.5 Å². The lowest BCUT2D eigenvalue weighted by molar-refractivity contribution is -0.274. The minimum atomic E-state index is -4.78. The molecule has 0 N–H and O–H groups in total. The van der Waals surface area contributed by atoms with Gasteiger partial charge in [-0.05, 0) is 39.2 Å². The van der Waals surface area contributed by atoms with Gasteiger partial charge in [-0.25, -0.2) is 19.7 Å². The van der Waals surface area contributed by atoms with E-state index in [1.165, 1.54) is 18.2 Å². The van der Waals surface area contributed by atoms with Crippen LogP contribution in [0, 0.1) is 5.92 Å². The van der Waals surface area contributed by atoms with Crippen molar-refractivity contribution in [3.05, 3.63) is 66.1 Å². The number of hydrogen-bond donors (Lipinski definition) is 0. The molecule has 1 saturated heterocycles. The van der Waals surface area contributed by atoms with Crippen molar-refractivity contribution in [1.82, 2.24) is 24.8 Å². The maximum absolute atomic E-state index is 12.7. The number of rotatable bonds is 6. The first-order chi connectivity index (χ1) is 16.9. The topological polar surface area (TPSA) is 90.3 Å². The lowest BCUT2D eigenvalue weighted by Crippen LogP contribution is -2.52. The molecule has 1 fully saturated rings. The molecule has 11 heteroatoms. The predicted molar refractivity (Wildman–Crippen MR) is 124 cm³/mol. The number of carbonyl (C=O) groups excluding carboxylic acids is 1. The molecule has 36 heavy (non-hydrogen) atoms. The third kappa shape index (κ3) is 6.89. The smallest absolute Gasteiger partial charge is 0.444 e. The number of nitrogens with zero attached hydrogens (tertiary/aromatic N) is 5. The first kappa shape index (κ1) is 25.3. The molecule has 1 aliphatic rings. The maximum Gasteiger partial charge on any atom is 0.573 e. The van der Waals surface area contributed by atoms with Crippen LogP contribution in [0.2, 0.25) is 0 Å². The number of amides is 1. The van der Waals surface area contributed by atoms with Crippen molar-refractivity contribution in [2.24, 2.45) is 5.92 Å². The third-order valence-electron chi connectivity index (χ3n) is 5.34. The van der Waals surface area contributed by atoms with Gasteiger partial charge in [-0.1, -0.05) is 18.2 Å². The molecular weight excluding hydrogens is 475 g/mol. The first-order valence-electron chi connectivity index (χ1n) is 11.4. The van der Waals surface area contributed by atoms with Gasteiger partial charge in [0.05, 0.1) is 17.6 Å². The van der Waals surface area contributed by atoms with Gasteiger partial charge in [-0.3, -0.25) is 4.98 Å². The lowest BCUT2D eigenvalue weighted by atomic mass is 9.95. The number of halogens is 3.